The maximum atomic E-state index is 12.0. The molecule has 0 atom stereocenters. The number of nitrogens with zero attached hydrogens (tertiary/aromatic N) is 4. The van der Waals surface area contributed by atoms with Crippen LogP contribution in [0.15, 0.2) is 67.6 Å². The van der Waals surface area contributed by atoms with Crippen molar-refractivity contribution in [3.8, 4) is 11.4 Å². The molecule has 0 fully saturated rings. The van der Waals surface area contributed by atoms with Crippen LogP contribution >= 0.6 is 27.7 Å². The van der Waals surface area contributed by atoms with Gasteiger partial charge in [0.15, 0.2) is 11.0 Å². The van der Waals surface area contributed by atoms with Gasteiger partial charge in [-0.05, 0) is 42.3 Å². The van der Waals surface area contributed by atoms with E-state index in [-0.39, 0.29) is 5.63 Å². The van der Waals surface area contributed by atoms with Crippen LogP contribution in [0.5, 0.6) is 0 Å². The molecule has 0 bridgehead atoms. The maximum Gasteiger partial charge on any atom is 0.336 e. The first-order valence-electron chi connectivity index (χ1n) is 8.84. The lowest BCUT2D eigenvalue weighted by Crippen LogP contribution is -2.03. The van der Waals surface area contributed by atoms with Gasteiger partial charge in [0.1, 0.15) is 5.58 Å². The quantitative estimate of drug-likeness (QED) is 0.303. The van der Waals surface area contributed by atoms with Crippen LogP contribution in [0, 0.1) is 0 Å². The second-order valence-electron chi connectivity index (χ2n) is 6.21. The van der Waals surface area contributed by atoms with E-state index in [1.165, 1.54) is 0 Å². The van der Waals surface area contributed by atoms with Gasteiger partial charge >= 0.3 is 5.63 Å². The lowest BCUT2D eigenvalue weighted by atomic mass is 10.1. The summed E-state index contributed by atoms with van der Waals surface area (Å²) in [7, 11) is 0. The highest BCUT2D eigenvalue weighted by molar-refractivity contribution is 9.10. The number of thioether (sulfide) groups is 1. The van der Waals surface area contributed by atoms with Crippen LogP contribution in [0.4, 0.5) is 0 Å². The van der Waals surface area contributed by atoms with E-state index < -0.39 is 0 Å². The molecule has 0 N–H and O–H groups in total. The number of aromatic nitrogens is 4. The summed E-state index contributed by atoms with van der Waals surface area (Å²) in [4.78, 5) is 16.0. The first-order chi connectivity index (χ1) is 13.7. The molecule has 0 saturated heterocycles. The first-order valence-corrected chi connectivity index (χ1v) is 10.6. The molecule has 0 unspecified atom stereocenters. The number of hydrogen-bond acceptors (Lipinski definition) is 6. The van der Waals surface area contributed by atoms with Gasteiger partial charge in [-0.1, -0.05) is 34.6 Å². The van der Waals surface area contributed by atoms with E-state index in [9.17, 15) is 4.79 Å². The van der Waals surface area contributed by atoms with Gasteiger partial charge in [-0.25, -0.2) is 4.79 Å². The van der Waals surface area contributed by atoms with Crippen molar-refractivity contribution in [3.05, 3.63) is 69.2 Å². The molecule has 1 aromatic carbocycles. The molecule has 4 aromatic rings. The van der Waals surface area contributed by atoms with Gasteiger partial charge in [0.2, 0.25) is 0 Å². The van der Waals surface area contributed by atoms with E-state index in [0.29, 0.717) is 11.3 Å². The molecule has 28 heavy (non-hydrogen) atoms. The topological polar surface area (TPSA) is 73.8 Å². The van der Waals surface area contributed by atoms with Crippen molar-refractivity contribution < 1.29 is 4.42 Å². The Kier molecular flexibility index (Phi) is 5.59. The van der Waals surface area contributed by atoms with Crippen LogP contribution in [0.25, 0.3) is 22.4 Å². The molecule has 142 valence electrons. The van der Waals surface area contributed by atoms with E-state index >= 15 is 0 Å². The van der Waals surface area contributed by atoms with Gasteiger partial charge in [0.25, 0.3) is 0 Å². The van der Waals surface area contributed by atoms with Crippen molar-refractivity contribution in [2.75, 3.05) is 0 Å². The Labute approximate surface area is 174 Å². The Hall–Kier alpha value is -2.45. The fourth-order valence-electron chi connectivity index (χ4n) is 3.00. The third-order valence-corrected chi connectivity index (χ3v) is 5.76. The van der Waals surface area contributed by atoms with E-state index in [4.69, 9.17) is 4.42 Å². The summed E-state index contributed by atoms with van der Waals surface area (Å²) in [5, 5.41) is 10.5. The molecule has 0 aliphatic rings. The largest absolute Gasteiger partial charge is 0.423 e. The average Bonchev–Trinajstić information content (AvgIpc) is 3.09. The molecular formula is C20H17BrN4O2S. The Bertz CT molecular complexity index is 1170. The predicted molar refractivity (Wildman–Crippen MR) is 113 cm³/mol. The number of hydrogen-bond donors (Lipinski definition) is 0. The number of rotatable bonds is 6. The number of halogens is 1. The summed E-state index contributed by atoms with van der Waals surface area (Å²) < 4.78 is 8.31. The smallest absolute Gasteiger partial charge is 0.336 e. The minimum absolute atomic E-state index is 0.353. The second-order valence-corrected chi connectivity index (χ2v) is 8.07. The van der Waals surface area contributed by atoms with E-state index in [2.05, 4.69) is 42.6 Å². The van der Waals surface area contributed by atoms with Crippen LogP contribution in [0.1, 0.15) is 18.9 Å². The fourth-order valence-corrected chi connectivity index (χ4v) is 4.30. The minimum atomic E-state index is -0.353. The summed E-state index contributed by atoms with van der Waals surface area (Å²) in [6, 6.07) is 11.1. The molecule has 0 radical (unpaired) electrons. The summed E-state index contributed by atoms with van der Waals surface area (Å²) in [5.74, 6) is 1.43. The third kappa shape index (κ3) is 3.88. The van der Waals surface area contributed by atoms with E-state index in [1.807, 2.05) is 30.3 Å². The normalized spacial score (nSPS) is 11.2. The SMILES string of the molecule is CCCn1c(SCc2cc(=O)oc3cc(Br)ccc23)nnc1-c1ccncc1. The van der Waals surface area contributed by atoms with Crippen LogP contribution in [0.2, 0.25) is 0 Å². The van der Waals surface area contributed by atoms with Gasteiger partial charge in [-0.2, -0.15) is 0 Å². The van der Waals surface area contributed by atoms with Crippen LogP contribution in [-0.2, 0) is 12.3 Å². The zero-order chi connectivity index (χ0) is 19.5. The van der Waals surface area contributed by atoms with Crippen molar-refractivity contribution in [2.45, 2.75) is 30.8 Å². The number of fused-ring (bicyclic) bond motifs is 1. The van der Waals surface area contributed by atoms with Crippen molar-refractivity contribution in [1.29, 1.82) is 0 Å². The monoisotopic (exact) mass is 456 g/mol. The van der Waals surface area contributed by atoms with Gasteiger partial charge in [-0.15, -0.1) is 10.2 Å². The van der Waals surface area contributed by atoms with E-state index in [0.717, 1.165) is 44.9 Å². The first kappa shape index (κ1) is 18.9. The Morgan fingerprint density at radius 3 is 2.75 bits per heavy atom. The minimum Gasteiger partial charge on any atom is -0.423 e. The highest BCUT2D eigenvalue weighted by atomic mass is 79.9. The van der Waals surface area contributed by atoms with E-state index in [1.54, 1.807) is 30.2 Å². The van der Waals surface area contributed by atoms with Crippen LogP contribution in [0.3, 0.4) is 0 Å². The fraction of sp³-hybridized carbons (Fsp3) is 0.200. The van der Waals surface area contributed by atoms with Crippen LogP contribution in [-0.4, -0.2) is 19.7 Å². The molecule has 8 heteroatoms. The Morgan fingerprint density at radius 2 is 1.96 bits per heavy atom. The maximum absolute atomic E-state index is 12.0. The van der Waals surface area contributed by atoms with Crippen molar-refractivity contribution in [1.82, 2.24) is 19.7 Å². The molecular weight excluding hydrogens is 440 g/mol. The Balaban J connectivity index is 1.67. The lowest BCUT2D eigenvalue weighted by molar-refractivity contribution is 0.559. The van der Waals surface area contributed by atoms with Gasteiger partial charge in [0.05, 0.1) is 0 Å². The highest BCUT2D eigenvalue weighted by Crippen LogP contribution is 2.29. The van der Waals surface area contributed by atoms with Crippen molar-refractivity contribution in [2.24, 2.45) is 0 Å². The standard InChI is InChI=1S/C20H17BrN4O2S/c1-2-9-25-19(13-5-7-22-8-6-13)23-24-20(25)28-12-14-10-18(26)27-17-11-15(21)3-4-16(14)17/h3-8,10-11H,2,9,12H2,1H3. The molecule has 0 aliphatic carbocycles. The zero-order valence-electron chi connectivity index (χ0n) is 15.1. The lowest BCUT2D eigenvalue weighted by Gasteiger charge is -2.09. The predicted octanol–water partition coefficient (Wildman–Crippen LogP) is 4.91. The van der Waals surface area contributed by atoms with Crippen molar-refractivity contribution in [3.63, 3.8) is 0 Å². The van der Waals surface area contributed by atoms with Gasteiger partial charge in [0, 0.05) is 46.2 Å². The summed E-state index contributed by atoms with van der Waals surface area (Å²) in [5.41, 5.74) is 2.12. The van der Waals surface area contributed by atoms with Gasteiger partial charge in [-0.3, -0.25) is 4.98 Å². The molecule has 4 rings (SSSR count). The summed E-state index contributed by atoms with van der Waals surface area (Å²) >= 11 is 4.98. The molecule has 3 aromatic heterocycles. The summed E-state index contributed by atoms with van der Waals surface area (Å²) in [6.07, 6.45) is 4.47. The molecule has 0 amide bonds. The Morgan fingerprint density at radius 1 is 1.14 bits per heavy atom. The van der Waals surface area contributed by atoms with Crippen molar-refractivity contribution >= 4 is 38.7 Å². The van der Waals surface area contributed by atoms with Crippen LogP contribution < -0.4 is 5.63 Å². The highest BCUT2D eigenvalue weighted by Gasteiger charge is 2.15. The number of benzene rings is 1. The molecule has 3 heterocycles. The molecule has 0 aliphatic heterocycles. The third-order valence-electron chi connectivity index (χ3n) is 4.25. The summed E-state index contributed by atoms with van der Waals surface area (Å²) in [6.45, 7) is 2.94. The molecule has 0 spiro atoms. The molecule has 6 nitrogen and oxygen atoms in total. The number of pyridine rings is 1. The molecule has 0 saturated carbocycles. The van der Waals surface area contributed by atoms with Gasteiger partial charge < -0.3 is 8.98 Å². The zero-order valence-corrected chi connectivity index (χ0v) is 17.5. The second kappa shape index (κ2) is 8.28. The average molecular weight is 457 g/mol.